The van der Waals surface area contributed by atoms with Gasteiger partial charge < -0.3 is 85.9 Å². The lowest BCUT2D eigenvalue weighted by atomic mass is 9.97. The molecule has 3 aromatic carbocycles. The monoisotopic (exact) mass is 1640 g/mol. The number of alkyl halides is 9. The second-order valence-electron chi connectivity index (χ2n) is 31.9. The van der Waals surface area contributed by atoms with E-state index in [1.54, 1.807) is 14.7 Å². The predicted molar refractivity (Wildman–Crippen MR) is 435 cm³/mol. The van der Waals surface area contributed by atoms with E-state index in [1.807, 2.05) is 44.2 Å². The van der Waals surface area contributed by atoms with Gasteiger partial charge in [0.05, 0.1) is 39.3 Å². The number of halogens is 9. The van der Waals surface area contributed by atoms with Crippen molar-refractivity contribution in [3.05, 3.63) is 107 Å². The number of benzene rings is 3. The van der Waals surface area contributed by atoms with Gasteiger partial charge in [0.1, 0.15) is 34.1 Å². The molecule has 1 aliphatic carbocycles. The summed E-state index contributed by atoms with van der Waals surface area (Å²) >= 11 is 0. The topological polar surface area (TPSA) is 257 Å². The Kier molecular flexibility index (Phi) is 29.7. The summed E-state index contributed by atoms with van der Waals surface area (Å²) < 4.78 is 134. The maximum atomic E-state index is 13.7. The Bertz CT molecular complexity index is 4280. The normalized spacial score (nSPS) is 19.0. The molecular weight excluding hydrogens is 1530 g/mol. The lowest BCUT2D eigenvalue weighted by molar-refractivity contribution is -0.138. The minimum atomic E-state index is -4.60. The smallest absolute Gasteiger partial charge is 0.379 e. The van der Waals surface area contributed by atoms with Crippen molar-refractivity contribution in [2.75, 3.05) is 212 Å². The van der Waals surface area contributed by atoms with Crippen molar-refractivity contribution in [1.29, 1.82) is 0 Å². The van der Waals surface area contributed by atoms with E-state index in [1.165, 1.54) is 18.5 Å². The number of carbonyl (C=O) groups is 3. The summed E-state index contributed by atoms with van der Waals surface area (Å²) in [6.45, 7) is 17.8. The van der Waals surface area contributed by atoms with Crippen molar-refractivity contribution in [2.45, 2.75) is 140 Å². The van der Waals surface area contributed by atoms with Gasteiger partial charge in [-0.3, -0.25) is 14.4 Å². The molecular formula is C82H112F9N21O5. The molecule has 117 heavy (non-hydrogen) atoms. The van der Waals surface area contributed by atoms with Gasteiger partial charge in [0.15, 0.2) is 0 Å². The molecule has 35 heteroatoms. The summed E-state index contributed by atoms with van der Waals surface area (Å²) in [5, 5.41) is 21.6. The van der Waals surface area contributed by atoms with Crippen LogP contribution >= 0.6 is 0 Å². The average Bonchev–Trinajstić information content (AvgIpc) is 1.78. The lowest BCUT2D eigenvalue weighted by Gasteiger charge is -2.42. The SMILES string of the molecule is CCc1cc(N2CC(CN(C)C)C2)ccc1Nc1ncc(C(F)(F)F)c(NCCCN2CCOCCC2=O)n1.CCc1cc(N2CC3CCC(C2)N3)ccc1Nc1ncc(C(F)(F)F)c(NCCCN2CCOCCC2=O)n1.CN(C)CC1CN(c2ccc(Nc3ncc(C(F)(F)F)c(NCCCN4CCCCC4=O)n3)c(C3CC3)c2)C1. The van der Waals surface area contributed by atoms with Crippen molar-refractivity contribution in [3.8, 4) is 0 Å². The van der Waals surface area contributed by atoms with Crippen molar-refractivity contribution < 1.29 is 63.4 Å². The molecule has 2 unspecified atom stereocenters. The van der Waals surface area contributed by atoms with Crippen LogP contribution in [0.15, 0.2) is 73.2 Å². The Hall–Kier alpha value is -9.32. The van der Waals surface area contributed by atoms with Crippen molar-refractivity contribution in [2.24, 2.45) is 11.8 Å². The van der Waals surface area contributed by atoms with E-state index >= 15 is 0 Å². The number of anilines is 12. The van der Waals surface area contributed by atoms with Crippen LogP contribution in [0.1, 0.15) is 130 Å². The maximum Gasteiger partial charge on any atom is 0.421 e. The molecule has 26 nitrogen and oxygen atoms in total. The summed E-state index contributed by atoms with van der Waals surface area (Å²) in [5.74, 6) is 1.35. The maximum absolute atomic E-state index is 13.7. The molecule has 2 bridgehead atoms. The number of amides is 3. The Balaban J connectivity index is 0.000000162. The largest absolute Gasteiger partial charge is 0.421 e. The molecule has 1 saturated carbocycles. The Labute approximate surface area is 678 Å². The molecule has 6 aromatic rings. The Morgan fingerprint density at radius 3 is 1.22 bits per heavy atom. The number of fused-ring (bicyclic) bond motifs is 2. The van der Waals surface area contributed by atoms with E-state index in [0.717, 1.165) is 155 Å². The summed E-state index contributed by atoms with van der Waals surface area (Å²) in [5.41, 5.74) is 6.33. The number of nitrogens with one attached hydrogen (secondary N) is 7. The zero-order chi connectivity index (χ0) is 83.0. The molecule has 8 aliphatic rings. The molecule has 8 fully saturated rings. The van der Waals surface area contributed by atoms with E-state index in [4.69, 9.17) is 9.47 Å². The fourth-order valence-corrected chi connectivity index (χ4v) is 16.0. The van der Waals surface area contributed by atoms with Gasteiger partial charge in [0.2, 0.25) is 35.6 Å². The fraction of sp³-hybridized carbons (Fsp3) is 0.598. The number of ether oxygens (including phenoxy) is 2. The number of carbonyl (C=O) groups excluding carboxylic acids is 3. The second-order valence-corrected chi connectivity index (χ2v) is 31.9. The third-order valence-electron chi connectivity index (χ3n) is 22.2. The van der Waals surface area contributed by atoms with Crippen molar-refractivity contribution in [1.82, 2.24) is 59.7 Å². The van der Waals surface area contributed by atoms with E-state index < -0.39 is 35.2 Å². The first kappa shape index (κ1) is 87.0. The van der Waals surface area contributed by atoms with Gasteiger partial charge in [-0.2, -0.15) is 54.5 Å². The second kappa shape index (κ2) is 40.0. The number of likely N-dealkylation sites (tertiary alicyclic amines) is 1. The minimum absolute atomic E-state index is 0.000870. The molecule has 0 radical (unpaired) electrons. The molecule has 14 rings (SSSR count). The number of piperazine rings is 1. The van der Waals surface area contributed by atoms with Crippen LogP contribution in [0, 0.1) is 11.8 Å². The number of aromatic nitrogens is 6. The zero-order valence-corrected chi connectivity index (χ0v) is 67.8. The van der Waals surface area contributed by atoms with Crippen molar-refractivity contribution >= 4 is 87.1 Å². The van der Waals surface area contributed by atoms with Gasteiger partial charge in [-0.1, -0.05) is 13.8 Å². The highest BCUT2D eigenvalue weighted by Crippen LogP contribution is 2.47. The molecule has 0 spiro atoms. The predicted octanol–water partition coefficient (Wildman–Crippen LogP) is 12.6. The highest BCUT2D eigenvalue weighted by molar-refractivity contribution is 5.78. The van der Waals surface area contributed by atoms with Gasteiger partial charge in [-0.25, -0.2) is 15.0 Å². The first-order valence-corrected chi connectivity index (χ1v) is 41.2. The quantitative estimate of drug-likeness (QED) is 0.0158. The van der Waals surface area contributed by atoms with Crippen LogP contribution in [0.25, 0.3) is 0 Å². The number of piperidine rings is 1. The molecule has 638 valence electrons. The first-order chi connectivity index (χ1) is 56.1. The van der Waals surface area contributed by atoms with Gasteiger partial charge in [-0.15, -0.1) is 0 Å². The molecule has 3 amide bonds. The van der Waals surface area contributed by atoms with Crippen LogP contribution in [0.5, 0.6) is 0 Å². The molecule has 3 aromatic heterocycles. The highest BCUT2D eigenvalue weighted by atomic mass is 19.4. The van der Waals surface area contributed by atoms with Gasteiger partial charge in [0, 0.05) is 194 Å². The van der Waals surface area contributed by atoms with Crippen molar-refractivity contribution in [3.63, 3.8) is 0 Å². The number of nitrogens with zero attached hydrogens (tertiary/aromatic N) is 14. The van der Waals surface area contributed by atoms with E-state index in [-0.39, 0.29) is 72.7 Å². The summed E-state index contributed by atoms with van der Waals surface area (Å²) in [6, 6.07) is 19.5. The number of hydrogen-bond acceptors (Lipinski definition) is 23. The van der Waals surface area contributed by atoms with Crippen LogP contribution in [0.2, 0.25) is 0 Å². The molecule has 7 aliphatic heterocycles. The Morgan fingerprint density at radius 2 is 0.838 bits per heavy atom. The van der Waals surface area contributed by atoms with Crippen LogP contribution in [-0.4, -0.2) is 250 Å². The van der Waals surface area contributed by atoms with Crippen LogP contribution in [0.4, 0.5) is 109 Å². The molecule has 7 saturated heterocycles. The van der Waals surface area contributed by atoms with Gasteiger partial charge in [-0.05, 0) is 176 Å². The van der Waals surface area contributed by atoms with Gasteiger partial charge in [0.25, 0.3) is 0 Å². The molecule has 2 atom stereocenters. The third-order valence-corrected chi connectivity index (χ3v) is 22.2. The van der Waals surface area contributed by atoms with E-state index in [2.05, 4.69) is 144 Å². The fourth-order valence-electron chi connectivity index (χ4n) is 16.0. The zero-order valence-electron chi connectivity index (χ0n) is 67.8. The number of hydrogen-bond donors (Lipinski definition) is 7. The first-order valence-electron chi connectivity index (χ1n) is 41.2. The lowest BCUT2D eigenvalue weighted by Crippen LogP contribution is -2.51. The van der Waals surface area contributed by atoms with Crippen LogP contribution in [-0.2, 0) is 55.2 Å². The summed E-state index contributed by atoms with van der Waals surface area (Å²) in [6.07, 6.45) is -0.674. The summed E-state index contributed by atoms with van der Waals surface area (Å²) in [4.78, 5) is 77.4. The number of aryl methyl sites for hydroxylation is 2. The Morgan fingerprint density at radius 1 is 0.462 bits per heavy atom. The van der Waals surface area contributed by atoms with Crippen LogP contribution < -0.4 is 51.9 Å². The molecule has 7 N–H and O–H groups in total. The third kappa shape index (κ3) is 24.4. The minimum Gasteiger partial charge on any atom is -0.379 e. The van der Waals surface area contributed by atoms with Crippen LogP contribution in [0.3, 0.4) is 0 Å². The molecule has 10 heterocycles. The standard InChI is InChI=1S/C28H38F3N7O.C27H36F3N7O2.C27H38F3N7O2/c1-36(2)16-19-17-38(18-19)21-9-10-24(22(14-21)20-7-8-20)34-27-33-15-23(28(29,30)31)26(35-27)32-11-5-13-37-12-4-3-6-25(37)39;1-2-18-14-21(37-16-19-4-5-20(17-37)33-19)6-7-23(18)34-26-32-15-22(27(28,29)30)25(35-26)31-9-3-10-36-11-13-39-12-8-24(36)38;1-4-20-14-21(37-17-19(18-37)16-35(2)3)6-7-23(20)33-26-32-15-22(27(28,29)30)25(34-26)31-9-5-10-36-11-13-39-12-8-24(36)38/h9-10,14-15,19-20H,3-8,11-13,16-18H2,1-2H3,(H2,32,33,34,35);6-7,14-15,19-20,33H,2-5,8-13,16-17H2,1H3,(H2,31,32,34,35);6-7,14-15,19H,4-5,8-13,16-18H2,1-3H3,(H2,31,32,33,34). The van der Waals surface area contributed by atoms with Gasteiger partial charge >= 0.3 is 18.5 Å². The van der Waals surface area contributed by atoms with E-state index in [0.29, 0.717) is 134 Å². The number of rotatable bonds is 31. The highest BCUT2D eigenvalue weighted by Gasteiger charge is 2.40. The average molecular weight is 1640 g/mol. The summed E-state index contributed by atoms with van der Waals surface area (Å²) in [7, 11) is 8.35. The van der Waals surface area contributed by atoms with E-state index in [9.17, 15) is 53.9 Å².